The third kappa shape index (κ3) is 52.0. The van der Waals surface area contributed by atoms with E-state index in [0.29, 0.717) is 12.8 Å². The van der Waals surface area contributed by atoms with E-state index in [-0.39, 0.29) is 44.0 Å². The Hall–Kier alpha value is -4.97. The van der Waals surface area contributed by atoms with Gasteiger partial charge in [0.25, 0.3) is 0 Å². The quantitative estimate of drug-likeness (QED) is 0.0199. The number of unbranched alkanes of at least 4 members (excludes halogenated alkanes) is 18. The molecule has 0 saturated heterocycles. The molecule has 6 heteroatoms. The summed E-state index contributed by atoms with van der Waals surface area (Å²) in [5.74, 6) is -1.03. The first-order valence-corrected chi connectivity index (χ1v) is 26.7. The molecule has 0 rings (SSSR count). The highest BCUT2D eigenvalue weighted by Gasteiger charge is 2.19. The number of esters is 3. The Labute approximate surface area is 416 Å². The van der Waals surface area contributed by atoms with E-state index in [2.05, 4.69) is 57.2 Å². The molecule has 378 valence electrons. The van der Waals surface area contributed by atoms with Crippen molar-refractivity contribution in [2.24, 2.45) is 0 Å². The van der Waals surface area contributed by atoms with Gasteiger partial charge in [0.1, 0.15) is 13.2 Å². The van der Waals surface area contributed by atoms with Crippen molar-refractivity contribution in [1.82, 2.24) is 0 Å². The van der Waals surface area contributed by atoms with Crippen molar-refractivity contribution in [1.29, 1.82) is 0 Å². The number of hydrogen-bond acceptors (Lipinski definition) is 6. The molecule has 0 aromatic carbocycles. The fraction of sp³-hybridized carbons (Fsp3) is 0.532. The second-order valence-electron chi connectivity index (χ2n) is 17.0. The van der Waals surface area contributed by atoms with Gasteiger partial charge in [-0.1, -0.05) is 249 Å². The molecule has 0 N–H and O–H groups in total. The minimum absolute atomic E-state index is 0.126. The molecule has 6 nitrogen and oxygen atoms in total. The Morgan fingerprint density at radius 1 is 0.309 bits per heavy atom. The first-order valence-electron chi connectivity index (χ1n) is 26.7. The van der Waals surface area contributed by atoms with Gasteiger partial charge >= 0.3 is 17.9 Å². The van der Waals surface area contributed by atoms with Crippen LogP contribution >= 0.6 is 0 Å². The molecule has 0 spiro atoms. The molecule has 0 fully saturated rings. The van der Waals surface area contributed by atoms with Crippen LogP contribution in [0.25, 0.3) is 0 Å². The maximum atomic E-state index is 12.8. The lowest BCUT2D eigenvalue weighted by Gasteiger charge is -2.18. The SMILES string of the molecule is CC\C=C/C=C\C=C/C=C\C=C/CCCCCC(=O)OCC(COC(=O)CCCCC\C=C/C=C\C=C\C=C/C=C\C=C/C=C\CC)OC(=O)CCCCCCC/C=C\CCCCCCCCC. The predicted molar refractivity (Wildman–Crippen MR) is 292 cm³/mol. The van der Waals surface area contributed by atoms with Crippen LogP contribution in [0.15, 0.2) is 158 Å². The number of carbonyl (C=O) groups is 3. The fourth-order valence-corrected chi connectivity index (χ4v) is 6.62. The van der Waals surface area contributed by atoms with Crippen molar-refractivity contribution in [2.45, 2.75) is 200 Å². The van der Waals surface area contributed by atoms with E-state index < -0.39 is 6.10 Å². The molecule has 0 aromatic heterocycles. The van der Waals surface area contributed by atoms with Crippen molar-refractivity contribution in [3.8, 4) is 0 Å². The van der Waals surface area contributed by atoms with E-state index in [1.807, 2.05) is 122 Å². The normalized spacial score (nSPS) is 13.4. The van der Waals surface area contributed by atoms with E-state index in [1.54, 1.807) is 0 Å². The minimum atomic E-state index is -0.827. The van der Waals surface area contributed by atoms with Gasteiger partial charge < -0.3 is 14.2 Å². The Bertz CT molecular complexity index is 1590. The summed E-state index contributed by atoms with van der Waals surface area (Å²) in [6, 6.07) is 0. The topological polar surface area (TPSA) is 78.9 Å². The highest BCUT2D eigenvalue weighted by Crippen LogP contribution is 2.13. The standard InChI is InChI=1S/C62H94O6/c1-4-7-10-13-16-19-22-25-28-30-31-32-35-37-40-43-46-49-52-55-61(64)67-58-59(57-66-60(63)54-51-48-45-42-39-36-33-27-24-21-18-15-12-9-6-3)68-62(65)56-53-50-47-44-41-38-34-29-26-23-20-17-14-11-8-5-2/h7,9-10,12-13,15-16,18-19,21-22,24-25,27-37,39-40,59H,4-6,8,11,14,17,20,23,26,38,41-58H2,1-3H3/b10-7-,12-9-,16-13-,18-15-,22-19-,24-21-,28-25-,31-30+,33-27-,34-29-,35-32-,39-36-,40-37-. The lowest BCUT2D eigenvalue weighted by atomic mass is 10.1. The second-order valence-corrected chi connectivity index (χ2v) is 17.0. The molecular weight excluding hydrogens is 841 g/mol. The molecule has 0 aliphatic heterocycles. The van der Waals surface area contributed by atoms with Crippen molar-refractivity contribution in [3.63, 3.8) is 0 Å². The number of allylic oxidation sites excluding steroid dienone is 26. The maximum absolute atomic E-state index is 12.8. The summed E-state index contributed by atoms with van der Waals surface area (Å²) in [6.45, 7) is 6.24. The van der Waals surface area contributed by atoms with Gasteiger partial charge in [0.15, 0.2) is 6.10 Å². The fourth-order valence-electron chi connectivity index (χ4n) is 6.62. The predicted octanol–water partition coefficient (Wildman–Crippen LogP) is 17.8. The van der Waals surface area contributed by atoms with Crippen molar-refractivity contribution in [3.05, 3.63) is 158 Å². The largest absolute Gasteiger partial charge is 0.462 e. The summed E-state index contributed by atoms with van der Waals surface area (Å²) in [4.78, 5) is 38.1. The molecule has 0 radical (unpaired) electrons. The highest BCUT2D eigenvalue weighted by molar-refractivity contribution is 5.71. The maximum Gasteiger partial charge on any atom is 0.306 e. The van der Waals surface area contributed by atoms with Gasteiger partial charge in [-0.05, 0) is 83.5 Å². The van der Waals surface area contributed by atoms with Crippen molar-refractivity contribution >= 4 is 17.9 Å². The highest BCUT2D eigenvalue weighted by atomic mass is 16.6. The summed E-state index contributed by atoms with van der Waals surface area (Å²) in [5.41, 5.74) is 0. The molecule has 1 atom stereocenters. The molecule has 0 aliphatic rings. The van der Waals surface area contributed by atoms with Gasteiger partial charge in [-0.25, -0.2) is 0 Å². The first-order chi connectivity index (χ1) is 33.5. The van der Waals surface area contributed by atoms with Crippen LogP contribution in [0.4, 0.5) is 0 Å². The summed E-state index contributed by atoms with van der Waals surface area (Å²) >= 11 is 0. The van der Waals surface area contributed by atoms with Gasteiger partial charge in [0, 0.05) is 19.3 Å². The zero-order valence-corrected chi connectivity index (χ0v) is 43.0. The third-order valence-corrected chi connectivity index (χ3v) is 10.6. The van der Waals surface area contributed by atoms with Crippen LogP contribution in [0.2, 0.25) is 0 Å². The van der Waals surface area contributed by atoms with Crippen molar-refractivity contribution < 1.29 is 28.6 Å². The summed E-state index contributed by atoms with van der Waals surface area (Å²) in [6.07, 6.45) is 79.3. The zero-order valence-electron chi connectivity index (χ0n) is 43.0. The monoisotopic (exact) mass is 935 g/mol. The van der Waals surface area contributed by atoms with Crippen LogP contribution in [0.1, 0.15) is 194 Å². The molecule has 1 unspecified atom stereocenters. The Balaban J connectivity index is 4.61. The molecule has 0 saturated carbocycles. The average molecular weight is 935 g/mol. The molecule has 0 bridgehead atoms. The smallest absolute Gasteiger partial charge is 0.306 e. The number of hydrogen-bond donors (Lipinski definition) is 0. The number of ether oxygens (including phenoxy) is 3. The van der Waals surface area contributed by atoms with Crippen LogP contribution in [-0.2, 0) is 28.6 Å². The Morgan fingerprint density at radius 2 is 0.588 bits per heavy atom. The molecule has 0 amide bonds. The second kappa shape index (κ2) is 54.6. The minimum Gasteiger partial charge on any atom is -0.462 e. The number of rotatable bonds is 45. The third-order valence-electron chi connectivity index (χ3n) is 10.6. The zero-order chi connectivity index (χ0) is 49.3. The van der Waals surface area contributed by atoms with E-state index in [1.165, 1.54) is 57.8 Å². The lowest BCUT2D eigenvalue weighted by Crippen LogP contribution is -2.30. The summed E-state index contributed by atoms with van der Waals surface area (Å²) < 4.78 is 16.7. The van der Waals surface area contributed by atoms with Crippen LogP contribution in [0, 0.1) is 0 Å². The molecular formula is C62H94O6. The van der Waals surface area contributed by atoms with Crippen LogP contribution in [0.5, 0.6) is 0 Å². The first kappa shape index (κ1) is 63.0. The number of carbonyl (C=O) groups excluding carboxylic acids is 3. The average Bonchev–Trinajstić information content (AvgIpc) is 3.34. The van der Waals surface area contributed by atoms with Crippen molar-refractivity contribution in [2.75, 3.05) is 13.2 Å². The van der Waals surface area contributed by atoms with E-state index in [0.717, 1.165) is 89.9 Å². The Morgan fingerprint density at radius 3 is 0.956 bits per heavy atom. The van der Waals surface area contributed by atoms with Crippen LogP contribution < -0.4 is 0 Å². The van der Waals surface area contributed by atoms with Gasteiger partial charge in [0.05, 0.1) is 0 Å². The molecule has 0 aliphatic carbocycles. The van der Waals surface area contributed by atoms with Crippen LogP contribution in [-0.4, -0.2) is 37.2 Å². The molecule has 0 aromatic rings. The van der Waals surface area contributed by atoms with Crippen LogP contribution in [0.3, 0.4) is 0 Å². The van der Waals surface area contributed by atoms with E-state index >= 15 is 0 Å². The van der Waals surface area contributed by atoms with Gasteiger partial charge in [-0.15, -0.1) is 0 Å². The summed E-state index contributed by atoms with van der Waals surface area (Å²) in [7, 11) is 0. The van der Waals surface area contributed by atoms with E-state index in [4.69, 9.17) is 14.2 Å². The van der Waals surface area contributed by atoms with E-state index in [9.17, 15) is 14.4 Å². The summed E-state index contributed by atoms with van der Waals surface area (Å²) in [5, 5.41) is 0. The molecule has 68 heavy (non-hydrogen) atoms. The molecule has 0 heterocycles. The lowest BCUT2D eigenvalue weighted by molar-refractivity contribution is -0.167. The van der Waals surface area contributed by atoms with Gasteiger partial charge in [-0.2, -0.15) is 0 Å². The van der Waals surface area contributed by atoms with Gasteiger partial charge in [0.2, 0.25) is 0 Å². The Kier molecular flexibility index (Phi) is 50.6. The van der Waals surface area contributed by atoms with Gasteiger partial charge in [-0.3, -0.25) is 14.4 Å².